The summed E-state index contributed by atoms with van der Waals surface area (Å²) in [6, 6.07) is 1.97. The summed E-state index contributed by atoms with van der Waals surface area (Å²) in [7, 11) is -0.467. The van der Waals surface area contributed by atoms with E-state index >= 15 is 0 Å². The molecule has 0 amide bonds. The minimum Gasteiger partial charge on any atom is -0.400 e. The Hall–Kier alpha value is -0.625. The fraction of sp³-hybridized carbons (Fsp3) is 0.500. The summed E-state index contributed by atoms with van der Waals surface area (Å²) in [5.74, 6) is 0.526. The highest BCUT2D eigenvalue weighted by Gasteiger charge is 2.52. The Morgan fingerprint density at radius 1 is 1.30 bits per heavy atom. The molecule has 1 aliphatic heterocycles. The second kappa shape index (κ2) is 7.09. The second-order valence-corrected chi connectivity index (χ2v) is 8.59. The molecule has 1 aliphatic rings. The van der Waals surface area contributed by atoms with Crippen molar-refractivity contribution in [3.05, 3.63) is 34.0 Å². The Bertz CT molecular complexity index is 618. The lowest BCUT2D eigenvalue weighted by Gasteiger charge is -2.32. The van der Waals surface area contributed by atoms with Gasteiger partial charge in [0.15, 0.2) is 5.12 Å². The van der Waals surface area contributed by atoms with E-state index in [1.807, 2.05) is 39.8 Å². The molecule has 2 rings (SSSR count). The maximum absolute atomic E-state index is 11.4. The van der Waals surface area contributed by atoms with E-state index in [-0.39, 0.29) is 5.12 Å². The SMILES string of the molecule is CC(=O)SCC(=Cc1cncc(Br)c1)B1OC(C)(C)C(C)(C)O1. The number of thioether (sulfide) groups is 1. The summed E-state index contributed by atoms with van der Waals surface area (Å²) in [6.07, 6.45) is 5.49. The van der Waals surface area contributed by atoms with Crippen molar-refractivity contribution < 1.29 is 14.1 Å². The lowest BCUT2D eigenvalue weighted by Crippen LogP contribution is -2.41. The zero-order chi connectivity index (χ0) is 17.3. The van der Waals surface area contributed by atoms with Gasteiger partial charge in [-0.15, -0.1) is 0 Å². The number of pyridine rings is 1. The molecule has 0 radical (unpaired) electrons. The number of aromatic nitrogens is 1. The van der Waals surface area contributed by atoms with Crippen molar-refractivity contribution in [3.63, 3.8) is 0 Å². The van der Waals surface area contributed by atoms with Crippen LogP contribution in [0.2, 0.25) is 0 Å². The zero-order valence-electron chi connectivity index (χ0n) is 14.1. The Morgan fingerprint density at radius 3 is 2.43 bits per heavy atom. The van der Waals surface area contributed by atoms with Crippen LogP contribution in [0.25, 0.3) is 6.08 Å². The predicted molar refractivity (Wildman–Crippen MR) is 99.1 cm³/mol. The average Bonchev–Trinajstić information content (AvgIpc) is 2.63. The van der Waals surface area contributed by atoms with Crippen LogP contribution in [0.4, 0.5) is 0 Å². The van der Waals surface area contributed by atoms with Crippen molar-refractivity contribution in [2.24, 2.45) is 0 Å². The van der Waals surface area contributed by atoms with Crippen LogP contribution in [-0.4, -0.2) is 34.2 Å². The van der Waals surface area contributed by atoms with Gasteiger partial charge in [-0.3, -0.25) is 9.78 Å². The van der Waals surface area contributed by atoms with Crippen LogP contribution < -0.4 is 0 Å². The third kappa shape index (κ3) is 4.69. The molecule has 0 unspecified atom stereocenters. The van der Waals surface area contributed by atoms with E-state index in [4.69, 9.17) is 9.31 Å². The Balaban J connectivity index is 2.30. The van der Waals surface area contributed by atoms with Gasteiger partial charge in [0.25, 0.3) is 0 Å². The van der Waals surface area contributed by atoms with Gasteiger partial charge in [0.1, 0.15) is 0 Å². The molecule has 1 aromatic heterocycles. The molecule has 0 bridgehead atoms. The summed E-state index contributed by atoms with van der Waals surface area (Å²) in [4.78, 5) is 15.5. The van der Waals surface area contributed by atoms with Gasteiger partial charge in [-0.1, -0.05) is 17.8 Å². The molecule has 23 heavy (non-hydrogen) atoms. The highest BCUT2D eigenvalue weighted by atomic mass is 79.9. The van der Waals surface area contributed by atoms with Crippen molar-refractivity contribution in [3.8, 4) is 0 Å². The average molecular weight is 398 g/mol. The molecule has 0 aliphatic carbocycles. The molecule has 1 aromatic rings. The third-order valence-corrected chi connectivity index (χ3v) is 5.39. The number of halogens is 1. The third-order valence-electron chi connectivity index (χ3n) is 4.08. The fourth-order valence-electron chi connectivity index (χ4n) is 2.08. The van der Waals surface area contributed by atoms with Crippen molar-refractivity contribution in [1.29, 1.82) is 0 Å². The largest absolute Gasteiger partial charge is 0.491 e. The molecule has 0 atom stereocenters. The van der Waals surface area contributed by atoms with Crippen molar-refractivity contribution >= 4 is 46.0 Å². The van der Waals surface area contributed by atoms with Gasteiger partial charge in [0.05, 0.1) is 11.2 Å². The van der Waals surface area contributed by atoms with Gasteiger partial charge in [-0.25, -0.2) is 0 Å². The quantitative estimate of drug-likeness (QED) is 0.714. The topological polar surface area (TPSA) is 48.4 Å². The van der Waals surface area contributed by atoms with Crippen molar-refractivity contribution in [2.75, 3.05) is 5.75 Å². The minimum absolute atomic E-state index is 0.0692. The number of hydrogen-bond donors (Lipinski definition) is 0. The molecular formula is C16H21BBrNO3S. The summed E-state index contributed by atoms with van der Waals surface area (Å²) in [5, 5.41) is 0.0692. The zero-order valence-corrected chi connectivity index (χ0v) is 16.5. The monoisotopic (exact) mass is 397 g/mol. The molecule has 0 aromatic carbocycles. The van der Waals surface area contributed by atoms with Gasteiger partial charge >= 0.3 is 7.12 Å². The standard InChI is InChI=1S/C16H21BBrNO3S/c1-11(20)23-10-13(6-12-7-14(18)9-19-8-12)17-21-15(2,3)16(4,5)22-17/h6-9H,10H2,1-5H3. The maximum Gasteiger partial charge on any atom is 0.491 e. The van der Waals surface area contributed by atoms with Gasteiger partial charge in [-0.05, 0) is 60.7 Å². The van der Waals surface area contributed by atoms with Crippen LogP contribution in [0.3, 0.4) is 0 Å². The van der Waals surface area contributed by atoms with E-state index in [0.717, 1.165) is 15.5 Å². The first kappa shape index (κ1) is 18.7. The first-order valence-corrected chi connectivity index (χ1v) is 9.18. The van der Waals surface area contributed by atoms with Crippen LogP contribution in [0.15, 0.2) is 28.4 Å². The summed E-state index contributed by atoms with van der Waals surface area (Å²) >= 11 is 4.67. The van der Waals surface area contributed by atoms with Crippen LogP contribution in [0, 0.1) is 0 Å². The molecule has 1 saturated heterocycles. The molecule has 4 nitrogen and oxygen atoms in total. The minimum atomic E-state index is -0.467. The molecule has 0 saturated carbocycles. The second-order valence-electron chi connectivity index (χ2n) is 6.52. The van der Waals surface area contributed by atoms with Gasteiger partial charge in [0.2, 0.25) is 0 Å². The molecule has 0 N–H and O–H groups in total. The van der Waals surface area contributed by atoms with E-state index < -0.39 is 18.3 Å². The molecular weight excluding hydrogens is 377 g/mol. The van der Waals surface area contributed by atoms with Gasteiger partial charge < -0.3 is 9.31 Å². The smallest absolute Gasteiger partial charge is 0.400 e. The lowest BCUT2D eigenvalue weighted by atomic mass is 9.78. The van der Waals surface area contributed by atoms with Crippen molar-refractivity contribution in [2.45, 2.75) is 45.8 Å². The molecule has 0 spiro atoms. The first-order valence-electron chi connectivity index (χ1n) is 7.41. The van der Waals surface area contributed by atoms with E-state index in [0.29, 0.717) is 5.75 Å². The van der Waals surface area contributed by atoms with Crippen LogP contribution >= 0.6 is 27.7 Å². The van der Waals surface area contributed by atoms with E-state index in [9.17, 15) is 4.79 Å². The summed E-state index contributed by atoms with van der Waals surface area (Å²) < 4.78 is 13.1. The Labute approximate surface area is 150 Å². The number of rotatable bonds is 4. The number of nitrogens with zero attached hydrogens (tertiary/aromatic N) is 1. The van der Waals surface area contributed by atoms with Gasteiger partial charge in [-0.2, -0.15) is 0 Å². The molecule has 124 valence electrons. The van der Waals surface area contributed by atoms with E-state index in [1.54, 1.807) is 19.3 Å². The van der Waals surface area contributed by atoms with Crippen LogP contribution in [-0.2, 0) is 14.1 Å². The summed E-state index contributed by atoms with van der Waals surface area (Å²) in [6.45, 7) is 9.63. The maximum atomic E-state index is 11.4. The molecule has 1 fully saturated rings. The highest BCUT2D eigenvalue weighted by molar-refractivity contribution is 9.10. The number of carbonyl (C=O) groups is 1. The first-order chi connectivity index (χ1) is 10.6. The van der Waals surface area contributed by atoms with Gasteiger partial charge in [0, 0.05) is 29.5 Å². The normalized spacial score (nSPS) is 19.9. The predicted octanol–water partition coefficient (Wildman–Crippen LogP) is 4.14. The summed E-state index contributed by atoms with van der Waals surface area (Å²) in [5.41, 5.74) is 1.04. The number of hydrogen-bond acceptors (Lipinski definition) is 5. The fourth-order valence-corrected chi connectivity index (χ4v) is 3.05. The van der Waals surface area contributed by atoms with Crippen LogP contribution in [0.1, 0.15) is 40.2 Å². The molecule has 2 heterocycles. The lowest BCUT2D eigenvalue weighted by molar-refractivity contribution is -0.109. The van der Waals surface area contributed by atoms with Crippen molar-refractivity contribution in [1.82, 2.24) is 4.98 Å². The molecule has 7 heteroatoms. The van der Waals surface area contributed by atoms with E-state index in [2.05, 4.69) is 20.9 Å². The Morgan fingerprint density at radius 2 is 1.91 bits per heavy atom. The highest BCUT2D eigenvalue weighted by Crippen LogP contribution is 2.39. The van der Waals surface area contributed by atoms with E-state index in [1.165, 1.54) is 11.8 Å². The van der Waals surface area contributed by atoms with Crippen LogP contribution in [0.5, 0.6) is 0 Å². The number of carbonyl (C=O) groups excluding carboxylic acids is 1. The Kier molecular flexibility index (Phi) is 5.77.